The van der Waals surface area contributed by atoms with Crippen molar-refractivity contribution in [2.75, 3.05) is 6.54 Å². The lowest BCUT2D eigenvalue weighted by molar-refractivity contribution is -0.138. The lowest BCUT2D eigenvalue weighted by Crippen LogP contribution is -2.37. The number of nitrogens with one attached hydrogen (secondary N) is 1. The molecule has 0 saturated carbocycles. The summed E-state index contributed by atoms with van der Waals surface area (Å²) < 4.78 is 0.886. The van der Waals surface area contributed by atoms with Crippen molar-refractivity contribution in [3.63, 3.8) is 0 Å². The summed E-state index contributed by atoms with van der Waals surface area (Å²) >= 11 is 4.59. The van der Waals surface area contributed by atoms with E-state index in [0.29, 0.717) is 4.88 Å². The van der Waals surface area contributed by atoms with Gasteiger partial charge in [0.1, 0.15) is 6.04 Å². The molecule has 0 aromatic carbocycles. The maximum absolute atomic E-state index is 11.5. The van der Waals surface area contributed by atoms with E-state index < -0.39 is 12.0 Å². The fourth-order valence-corrected chi connectivity index (χ4v) is 2.21. The number of carboxylic acid groups (broad SMARTS) is 1. The van der Waals surface area contributed by atoms with Gasteiger partial charge in [-0.25, -0.2) is 0 Å². The predicted molar refractivity (Wildman–Crippen MR) is 61.5 cm³/mol. The van der Waals surface area contributed by atoms with E-state index >= 15 is 0 Å². The molecule has 15 heavy (non-hydrogen) atoms. The molecule has 0 fully saturated rings. The minimum absolute atomic E-state index is 0.0421. The van der Waals surface area contributed by atoms with Crippen molar-refractivity contribution in [1.82, 2.24) is 5.32 Å². The maximum atomic E-state index is 11.5. The largest absolute Gasteiger partial charge is 0.480 e. The molecule has 0 saturated heterocycles. The Morgan fingerprint density at radius 3 is 2.73 bits per heavy atom. The van der Waals surface area contributed by atoms with Gasteiger partial charge in [0.25, 0.3) is 0 Å². The highest BCUT2D eigenvalue weighted by Crippen LogP contribution is 2.22. The molecule has 1 aromatic heterocycles. The lowest BCUT2D eigenvalue weighted by atomic mass is 10.3. The molecule has 0 bridgehead atoms. The Balaban J connectivity index is 2.47. The lowest BCUT2D eigenvalue weighted by Gasteiger charge is -2.06. The molecule has 2 N–H and O–H groups in total. The number of halogens is 1. The van der Waals surface area contributed by atoms with Crippen LogP contribution in [0.5, 0.6) is 0 Å². The molecule has 1 aromatic rings. The van der Waals surface area contributed by atoms with E-state index in [1.807, 2.05) is 0 Å². The van der Waals surface area contributed by atoms with Gasteiger partial charge >= 0.3 is 5.97 Å². The number of carboxylic acids is 1. The zero-order valence-corrected chi connectivity index (χ0v) is 10.4. The van der Waals surface area contributed by atoms with E-state index in [4.69, 9.17) is 5.11 Å². The molecular formula is C9H10BrNO3S. The second-order valence-corrected chi connectivity index (χ2v) is 5.43. The molecule has 0 aliphatic rings. The number of hydrogen-bond donors (Lipinski definition) is 2. The van der Waals surface area contributed by atoms with Crippen molar-refractivity contribution in [2.24, 2.45) is 0 Å². The van der Waals surface area contributed by atoms with E-state index in [2.05, 4.69) is 21.2 Å². The van der Waals surface area contributed by atoms with Gasteiger partial charge in [0.15, 0.2) is 5.78 Å². The monoisotopic (exact) mass is 291 g/mol. The zero-order chi connectivity index (χ0) is 11.4. The molecule has 1 atom stereocenters. The third kappa shape index (κ3) is 3.73. The predicted octanol–water partition coefficient (Wildman–Crippen LogP) is 1.76. The molecule has 1 unspecified atom stereocenters. The molecular weight excluding hydrogens is 282 g/mol. The molecule has 82 valence electrons. The second-order valence-electron chi connectivity index (χ2n) is 2.97. The molecule has 0 amide bonds. The van der Waals surface area contributed by atoms with Crippen molar-refractivity contribution in [1.29, 1.82) is 0 Å². The number of ketones is 1. The summed E-state index contributed by atoms with van der Waals surface area (Å²) in [4.78, 5) is 22.6. The molecule has 1 heterocycles. The van der Waals surface area contributed by atoms with Crippen molar-refractivity contribution < 1.29 is 14.7 Å². The summed E-state index contributed by atoms with van der Waals surface area (Å²) in [6.45, 7) is 1.54. The third-order valence-corrected chi connectivity index (χ3v) is 3.45. The summed E-state index contributed by atoms with van der Waals surface area (Å²) in [6.07, 6.45) is 0. The smallest absolute Gasteiger partial charge is 0.320 e. The molecule has 0 aliphatic carbocycles. The highest BCUT2D eigenvalue weighted by Gasteiger charge is 2.13. The van der Waals surface area contributed by atoms with Crippen molar-refractivity contribution >= 4 is 39.0 Å². The van der Waals surface area contributed by atoms with E-state index in [0.717, 1.165) is 3.79 Å². The van der Waals surface area contributed by atoms with Crippen LogP contribution in [0.2, 0.25) is 0 Å². The normalized spacial score (nSPS) is 12.4. The number of aliphatic carboxylic acids is 1. The Bertz CT molecular complexity index is 377. The Labute approximate surface area is 99.4 Å². The molecule has 1 rings (SSSR count). The fourth-order valence-electron chi connectivity index (χ4n) is 0.884. The summed E-state index contributed by atoms with van der Waals surface area (Å²) in [5.74, 6) is -1.06. The average Bonchev–Trinajstić information content (AvgIpc) is 2.60. The van der Waals surface area contributed by atoms with Crippen LogP contribution in [0.15, 0.2) is 15.9 Å². The topological polar surface area (TPSA) is 66.4 Å². The van der Waals surface area contributed by atoms with Crippen LogP contribution < -0.4 is 5.32 Å². The third-order valence-electron chi connectivity index (χ3n) is 1.79. The Morgan fingerprint density at radius 2 is 2.27 bits per heavy atom. The highest BCUT2D eigenvalue weighted by molar-refractivity contribution is 9.11. The number of carbonyl (C=O) groups excluding carboxylic acids is 1. The second kappa shape index (κ2) is 5.39. The first-order valence-electron chi connectivity index (χ1n) is 4.25. The summed E-state index contributed by atoms with van der Waals surface area (Å²) in [6, 6.07) is 2.79. The van der Waals surface area contributed by atoms with E-state index in [9.17, 15) is 9.59 Å². The summed E-state index contributed by atoms with van der Waals surface area (Å²) in [5, 5.41) is 11.2. The molecule has 0 aliphatic heterocycles. The first-order chi connectivity index (χ1) is 7.00. The van der Waals surface area contributed by atoms with Gasteiger partial charge in [-0.1, -0.05) is 0 Å². The number of carbonyl (C=O) groups is 2. The van der Waals surface area contributed by atoms with E-state index in [-0.39, 0.29) is 12.3 Å². The highest BCUT2D eigenvalue weighted by atomic mass is 79.9. The van der Waals surface area contributed by atoms with Gasteiger partial charge in [-0.05, 0) is 35.0 Å². The van der Waals surface area contributed by atoms with Gasteiger partial charge in [0, 0.05) is 0 Å². The van der Waals surface area contributed by atoms with Gasteiger partial charge in [0.05, 0.1) is 15.2 Å². The zero-order valence-electron chi connectivity index (χ0n) is 7.99. The van der Waals surface area contributed by atoms with Crippen LogP contribution >= 0.6 is 27.3 Å². The Morgan fingerprint density at radius 1 is 1.60 bits per heavy atom. The first kappa shape index (κ1) is 12.4. The van der Waals surface area contributed by atoms with Crippen molar-refractivity contribution in [2.45, 2.75) is 13.0 Å². The van der Waals surface area contributed by atoms with Gasteiger partial charge in [0.2, 0.25) is 0 Å². The number of rotatable bonds is 5. The van der Waals surface area contributed by atoms with Crippen LogP contribution in [-0.4, -0.2) is 29.4 Å². The molecule has 4 nitrogen and oxygen atoms in total. The summed E-state index contributed by atoms with van der Waals surface area (Å²) in [7, 11) is 0. The van der Waals surface area contributed by atoms with Crippen LogP contribution in [0.4, 0.5) is 0 Å². The van der Waals surface area contributed by atoms with Gasteiger partial charge < -0.3 is 5.11 Å². The van der Waals surface area contributed by atoms with Crippen LogP contribution in [0, 0.1) is 0 Å². The number of hydrogen-bond acceptors (Lipinski definition) is 4. The maximum Gasteiger partial charge on any atom is 0.320 e. The first-order valence-corrected chi connectivity index (χ1v) is 5.86. The van der Waals surface area contributed by atoms with Crippen LogP contribution in [0.3, 0.4) is 0 Å². The Kier molecular flexibility index (Phi) is 4.44. The van der Waals surface area contributed by atoms with E-state index in [1.54, 1.807) is 12.1 Å². The summed E-state index contributed by atoms with van der Waals surface area (Å²) in [5.41, 5.74) is 0. The number of Topliss-reactive ketones (excluding diaryl/α,β-unsaturated/α-hetero) is 1. The van der Waals surface area contributed by atoms with Gasteiger partial charge in [-0.15, -0.1) is 11.3 Å². The van der Waals surface area contributed by atoms with Crippen LogP contribution in [-0.2, 0) is 4.79 Å². The van der Waals surface area contributed by atoms with Gasteiger partial charge in [-0.3, -0.25) is 14.9 Å². The van der Waals surface area contributed by atoms with Crippen molar-refractivity contribution in [3.05, 3.63) is 20.8 Å². The fraction of sp³-hybridized carbons (Fsp3) is 0.333. The van der Waals surface area contributed by atoms with Crippen LogP contribution in [0.25, 0.3) is 0 Å². The minimum atomic E-state index is -0.963. The standard InChI is InChI=1S/C9H10BrNO3S/c1-5(9(13)14)11-4-6(12)7-2-3-8(10)15-7/h2-3,5,11H,4H2,1H3,(H,13,14). The minimum Gasteiger partial charge on any atom is -0.480 e. The molecule has 6 heteroatoms. The van der Waals surface area contributed by atoms with Crippen molar-refractivity contribution in [3.8, 4) is 0 Å². The quantitative estimate of drug-likeness (QED) is 0.812. The molecule has 0 radical (unpaired) electrons. The molecule has 0 spiro atoms. The average molecular weight is 292 g/mol. The van der Waals surface area contributed by atoms with E-state index in [1.165, 1.54) is 18.3 Å². The Hall–Kier alpha value is -0.720. The van der Waals surface area contributed by atoms with Crippen LogP contribution in [0.1, 0.15) is 16.6 Å². The van der Waals surface area contributed by atoms with Gasteiger partial charge in [-0.2, -0.15) is 0 Å². The SMILES string of the molecule is CC(NCC(=O)c1ccc(Br)s1)C(=O)O. The number of thiophene rings is 1.